The second-order valence-electron chi connectivity index (χ2n) is 6.61. The number of nitrogens with zero attached hydrogens (tertiary/aromatic N) is 1. The van der Waals surface area contributed by atoms with Crippen LogP contribution in [0.4, 0.5) is 0 Å². The molecule has 0 bridgehead atoms. The quantitative estimate of drug-likeness (QED) is 0.627. The summed E-state index contributed by atoms with van der Waals surface area (Å²) in [6.45, 7) is 3.78. The first-order valence-corrected chi connectivity index (χ1v) is 10.9. The van der Waals surface area contributed by atoms with Gasteiger partial charge in [0.2, 0.25) is 0 Å². The summed E-state index contributed by atoms with van der Waals surface area (Å²) >= 11 is 5.75. The topological polar surface area (TPSA) is 98.3 Å². The fraction of sp³-hybridized carbons (Fsp3) is 0.200. The molecule has 0 atom stereocenters. The summed E-state index contributed by atoms with van der Waals surface area (Å²) in [7, 11) is -3.29. The summed E-state index contributed by atoms with van der Waals surface area (Å²) in [6.07, 6.45) is 2.34. The highest BCUT2D eigenvalue weighted by Crippen LogP contribution is 2.32. The second-order valence-corrected chi connectivity index (χ2v) is 9.04. The molecule has 0 fully saturated rings. The number of halogens is 1. The number of sulfone groups is 1. The number of aromatic nitrogens is 2. The Bertz CT molecular complexity index is 1190. The van der Waals surface area contributed by atoms with Gasteiger partial charge in [0.25, 0.3) is 5.56 Å². The minimum Gasteiger partial charge on any atom is -0.491 e. The summed E-state index contributed by atoms with van der Waals surface area (Å²) in [5.41, 5.74) is 0.116. The monoisotopic (exact) mass is 434 g/mol. The van der Waals surface area contributed by atoms with Crippen LogP contribution < -0.4 is 15.0 Å². The number of H-pyrrole nitrogens is 1. The van der Waals surface area contributed by atoms with Gasteiger partial charge in [0.15, 0.2) is 9.84 Å². The van der Waals surface area contributed by atoms with Crippen molar-refractivity contribution >= 4 is 21.4 Å². The molecule has 152 valence electrons. The number of rotatable bonds is 6. The maximum Gasteiger partial charge on any atom is 0.269 e. The van der Waals surface area contributed by atoms with Gasteiger partial charge >= 0.3 is 0 Å². The molecule has 1 heterocycles. The van der Waals surface area contributed by atoms with Gasteiger partial charge in [-0.15, -0.1) is 0 Å². The Morgan fingerprint density at radius 3 is 2.28 bits per heavy atom. The van der Waals surface area contributed by atoms with Gasteiger partial charge in [0.05, 0.1) is 17.2 Å². The maximum absolute atomic E-state index is 11.8. The van der Waals surface area contributed by atoms with E-state index in [1.54, 1.807) is 30.3 Å². The first-order chi connectivity index (χ1) is 13.6. The van der Waals surface area contributed by atoms with Crippen LogP contribution in [-0.2, 0) is 9.84 Å². The van der Waals surface area contributed by atoms with Crippen molar-refractivity contribution in [2.24, 2.45) is 0 Å². The number of hydrogen-bond donors (Lipinski definition) is 1. The van der Waals surface area contributed by atoms with Gasteiger partial charge < -0.3 is 14.5 Å². The lowest BCUT2D eigenvalue weighted by Gasteiger charge is -2.14. The molecule has 7 nitrogen and oxygen atoms in total. The Labute approximate surface area is 173 Å². The van der Waals surface area contributed by atoms with Crippen molar-refractivity contribution in [3.05, 3.63) is 64.0 Å². The molecule has 3 rings (SSSR count). The van der Waals surface area contributed by atoms with Gasteiger partial charge in [-0.05, 0) is 50.2 Å². The van der Waals surface area contributed by atoms with Crippen LogP contribution in [0.25, 0.3) is 11.4 Å². The SMILES string of the molecule is CC(C)Oc1cc(Oc2ccc(S(C)(=O)=O)cc2)cc(-c2ncc(Cl)c(=O)[nH]2)c1. The average Bonchev–Trinajstić information content (AvgIpc) is 2.63. The van der Waals surface area contributed by atoms with E-state index in [0.29, 0.717) is 28.6 Å². The van der Waals surface area contributed by atoms with Crippen molar-refractivity contribution in [2.45, 2.75) is 24.8 Å². The largest absolute Gasteiger partial charge is 0.491 e. The summed E-state index contributed by atoms with van der Waals surface area (Å²) < 4.78 is 34.8. The number of ether oxygens (including phenoxy) is 2. The lowest BCUT2D eigenvalue weighted by atomic mass is 10.2. The molecule has 29 heavy (non-hydrogen) atoms. The predicted octanol–water partition coefficient (Wildman–Crippen LogP) is 4.07. The van der Waals surface area contributed by atoms with Crippen molar-refractivity contribution in [3.63, 3.8) is 0 Å². The molecule has 0 spiro atoms. The van der Waals surface area contributed by atoms with Crippen LogP contribution in [0.3, 0.4) is 0 Å². The molecule has 2 aromatic carbocycles. The minimum absolute atomic E-state index is 0.00854. The second kappa shape index (κ2) is 8.26. The standard InChI is InChI=1S/C20H19ClN2O5S/c1-12(2)27-15-8-13(19-22-11-18(21)20(24)23-19)9-16(10-15)28-14-4-6-17(7-5-14)29(3,25)26/h4-12H,1-3H3,(H,22,23,24). The van der Waals surface area contributed by atoms with Crippen LogP contribution in [0, 0.1) is 0 Å². The Balaban J connectivity index is 1.99. The van der Waals surface area contributed by atoms with Gasteiger partial charge in [-0.1, -0.05) is 11.6 Å². The Morgan fingerprint density at radius 2 is 1.69 bits per heavy atom. The average molecular weight is 435 g/mol. The number of nitrogens with one attached hydrogen (secondary N) is 1. The van der Waals surface area contributed by atoms with Gasteiger partial charge in [-0.25, -0.2) is 13.4 Å². The summed E-state index contributed by atoms with van der Waals surface area (Å²) in [5, 5.41) is -0.00854. The summed E-state index contributed by atoms with van der Waals surface area (Å²) in [5.74, 6) is 1.72. The first kappa shape index (κ1) is 20.9. The summed E-state index contributed by atoms with van der Waals surface area (Å²) in [4.78, 5) is 18.8. The van der Waals surface area contributed by atoms with Gasteiger partial charge in [-0.2, -0.15) is 0 Å². The molecule has 9 heteroatoms. The Morgan fingerprint density at radius 1 is 1.03 bits per heavy atom. The predicted molar refractivity (Wildman–Crippen MR) is 111 cm³/mol. The van der Waals surface area contributed by atoms with E-state index in [-0.39, 0.29) is 16.0 Å². The highest BCUT2D eigenvalue weighted by Gasteiger charge is 2.11. The van der Waals surface area contributed by atoms with E-state index in [1.165, 1.54) is 18.3 Å². The van der Waals surface area contributed by atoms with Gasteiger partial charge in [-0.3, -0.25) is 4.79 Å². The van der Waals surface area contributed by atoms with Crippen molar-refractivity contribution in [1.29, 1.82) is 0 Å². The van der Waals surface area contributed by atoms with E-state index >= 15 is 0 Å². The molecular weight excluding hydrogens is 416 g/mol. The molecule has 0 saturated heterocycles. The molecule has 0 aliphatic carbocycles. The fourth-order valence-electron chi connectivity index (χ4n) is 2.52. The van der Waals surface area contributed by atoms with E-state index in [1.807, 2.05) is 13.8 Å². The molecular formula is C20H19ClN2O5S. The zero-order valence-corrected chi connectivity index (χ0v) is 17.5. The lowest BCUT2D eigenvalue weighted by molar-refractivity contribution is 0.241. The van der Waals surface area contributed by atoms with Crippen LogP contribution in [0.1, 0.15) is 13.8 Å². The van der Waals surface area contributed by atoms with Crippen LogP contribution in [0.5, 0.6) is 17.2 Å². The lowest BCUT2D eigenvalue weighted by Crippen LogP contribution is -2.09. The van der Waals surface area contributed by atoms with Gasteiger partial charge in [0.1, 0.15) is 28.1 Å². The molecule has 0 unspecified atom stereocenters. The molecule has 1 aromatic heterocycles. The highest BCUT2D eigenvalue weighted by atomic mass is 35.5. The van der Waals surface area contributed by atoms with Crippen LogP contribution in [-0.4, -0.2) is 30.7 Å². The van der Waals surface area contributed by atoms with Crippen LogP contribution in [0.15, 0.2) is 58.4 Å². The van der Waals surface area contributed by atoms with Crippen molar-refractivity contribution in [3.8, 4) is 28.6 Å². The summed E-state index contributed by atoms with van der Waals surface area (Å²) in [6, 6.07) is 11.2. The Hall–Kier alpha value is -2.84. The zero-order valence-electron chi connectivity index (χ0n) is 16.0. The smallest absolute Gasteiger partial charge is 0.269 e. The van der Waals surface area contributed by atoms with E-state index in [2.05, 4.69) is 9.97 Å². The normalized spacial score (nSPS) is 11.5. The number of aromatic amines is 1. The molecule has 0 aliphatic rings. The third kappa shape index (κ3) is 5.36. The molecule has 0 amide bonds. The van der Waals surface area contributed by atoms with E-state index in [9.17, 15) is 13.2 Å². The van der Waals surface area contributed by atoms with E-state index in [4.69, 9.17) is 21.1 Å². The van der Waals surface area contributed by atoms with Crippen molar-refractivity contribution in [2.75, 3.05) is 6.26 Å². The number of hydrogen-bond acceptors (Lipinski definition) is 6. The van der Waals surface area contributed by atoms with Crippen LogP contribution in [0.2, 0.25) is 5.02 Å². The third-order valence-electron chi connectivity index (χ3n) is 3.77. The first-order valence-electron chi connectivity index (χ1n) is 8.67. The van der Waals surface area contributed by atoms with E-state index in [0.717, 1.165) is 6.26 Å². The third-order valence-corrected chi connectivity index (χ3v) is 5.17. The highest BCUT2D eigenvalue weighted by molar-refractivity contribution is 7.90. The minimum atomic E-state index is -3.29. The molecule has 0 aliphatic heterocycles. The number of benzene rings is 2. The molecule has 3 aromatic rings. The molecule has 0 radical (unpaired) electrons. The van der Waals surface area contributed by atoms with E-state index < -0.39 is 15.4 Å². The Kier molecular flexibility index (Phi) is 5.95. The zero-order chi connectivity index (χ0) is 21.2. The van der Waals surface area contributed by atoms with Crippen molar-refractivity contribution < 1.29 is 17.9 Å². The van der Waals surface area contributed by atoms with Gasteiger partial charge in [0, 0.05) is 17.9 Å². The molecule has 0 saturated carbocycles. The maximum atomic E-state index is 11.8. The molecule has 1 N–H and O–H groups in total. The van der Waals surface area contributed by atoms with Crippen LogP contribution >= 0.6 is 11.6 Å². The van der Waals surface area contributed by atoms with Crippen molar-refractivity contribution in [1.82, 2.24) is 9.97 Å². The fourth-order valence-corrected chi connectivity index (χ4v) is 3.25.